The van der Waals surface area contributed by atoms with Crippen LogP contribution in [0.15, 0.2) is 205 Å². The van der Waals surface area contributed by atoms with Gasteiger partial charge >= 0.3 is 0 Å². The van der Waals surface area contributed by atoms with E-state index in [1.807, 2.05) is 23.5 Å². The first-order chi connectivity index (χ1) is 27.2. The van der Waals surface area contributed by atoms with E-state index in [9.17, 15) is 0 Å². The summed E-state index contributed by atoms with van der Waals surface area (Å²) < 4.78 is 8.90. The van der Waals surface area contributed by atoms with Crippen molar-refractivity contribution in [3.05, 3.63) is 200 Å². The van der Waals surface area contributed by atoms with Crippen LogP contribution in [0.2, 0.25) is 0 Å². The highest BCUT2D eigenvalue weighted by Crippen LogP contribution is 2.46. The van der Waals surface area contributed by atoms with Gasteiger partial charge in [0.15, 0.2) is 0 Å². The average molecular weight is 720 g/mol. The number of nitrogens with zero attached hydrogens (tertiary/aromatic N) is 1. The summed E-state index contributed by atoms with van der Waals surface area (Å²) >= 11 is 1.87. The zero-order chi connectivity index (χ0) is 36.3. The van der Waals surface area contributed by atoms with Crippen LogP contribution in [-0.4, -0.2) is 0 Å². The van der Waals surface area contributed by atoms with Crippen LogP contribution in [0.5, 0.6) is 0 Å². The third kappa shape index (κ3) is 5.40. The molecule has 3 heteroatoms. The van der Waals surface area contributed by atoms with Crippen molar-refractivity contribution in [3.63, 3.8) is 0 Å². The highest BCUT2D eigenvalue weighted by atomic mass is 32.1. The van der Waals surface area contributed by atoms with Crippen LogP contribution in [0.3, 0.4) is 0 Å². The van der Waals surface area contributed by atoms with E-state index in [4.69, 9.17) is 4.42 Å². The molecule has 0 radical (unpaired) electrons. The van der Waals surface area contributed by atoms with Crippen LogP contribution in [0.1, 0.15) is 0 Å². The number of rotatable bonds is 6. The van der Waals surface area contributed by atoms with Gasteiger partial charge in [0.05, 0.1) is 0 Å². The Hall–Kier alpha value is -6.94. The Morgan fingerprint density at radius 3 is 1.91 bits per heavy atom. The number of benzene rings is 9. The van der Waals surface area contributed by atoms with Crippen molar-refractivity contribution in [3.8, 4) is 33.4 Å². The third-order valence-electron chi connectivity index (χ3n) is 10.9. The van der Waals surface area contributed by atoms with Crippen molar-refractivity contribution in [2.75, 3.05) is 4.90 Å². The summed E-state index contributed by atoms with van der Waals surface area (Å²) in [7, 11) is 0. The van der Waals surface area contributed by atoms with E-state index in [1.54, 1.807) is 0 Å². The summed E-state index contributed by atoms with van der Waals surface area (Å²) in [5.74, 6) is 0. The van der Waals surface area contributed by atoms with Crippen molar-refractivity contribution in [1.82, 2.24) is 0 Å². The Balaban J connectivity index is 1.11. The van der Waals surface area contributed by atoms with Gasteiger partial charge in [0.25, 0.3) is 0 Å². The quantitative estimate of drug-likeness (QED) is 0.170. The molecular formula is C52H33NOS. The first kappa shape index (κ1) is 31.6. The van der Waals surface area contributed by atoms with Crippen molar-refractivity contribution < 1.29 is 4.42 Å². The molecule has 0 spiro atoms. The second-order valence-corrected chi connectivity index (χ2v) is 15.2. The molecule has 2 aromatic heterocycles. The molecule has 0 aliphatic heterocycles. The van der Waals surface area contributed by atoms with Gasteiger partial charge in [-0.25, -0.2) is 0 Å². The number of fused-ring (bicyclic) bond motifs is 7. The fourth-order valence-corrected chi connectivity index (χ4v) is 9.42. The minimum atomic E-state index is 0.883. The van der Waals surface area contributed by atoms with Gasteiger partial charge in [0.2, 0.25) is 0 Å². The van der Waals surface area contributed by atoms with Crippen molar-refractivity contribution in [1.29, 1.82) is 0 Å². The molecule has 0 unspecified atom stereocenters. The number of hydrogen-bond donors (Lipinski definition) is 0. The lowest BCUT2D eigenvalue weighted by Crippen LogP contribution is -2.10. The maximum Gasteiger partial charge on any atom is 0.135 e. The van der Waals surface area contributed by atoms with Gasteiger partial charge in [0.1, 0.15) is 11.2 Å². The zero-order valence-corrected chi connectivity index (χ0v) is 30.6. The van der Waals surface area contributed by atoms with Crippen molar-refractivity contribution >= 4 is 81.3 Å². The lowest BCUT2D eigenvalue weighted by atomic mass is 9.92. The molecule has 0 aliphatic carbocycles. The maximum absolute atomic E-state index is 6.27. The van der Waals surface area contributed by atoms with Gasteiger partial charge in [0, 0.05) is 53.6 Å². The van der Waals surface area contributed by atoms with Crippen LogP contribution >= 0.6 is 11.3 Å². The summed E-state index contributed by atoms with van der Waals surface area (Å²) in [4.78, 5) is 2.38. The zero-order valence-electron chi connectivity index (χ0n) is 29.8. The van der Waals surface area contributed by atoms with E-state index in [1.165, 1.54) is 64.3 Å². The predicted octanol–water partition coefficient (Wildman–Crippen LogP) is 15.6. The molecular weight excluding hydrogens is 687 g/mol. The smallest absolute Gasteiger partial charge is 0.135 e. The van der Waals surface area contributed by atoms with E-state index < -0.39 is 0 Å². The molecule has 0 saturated heterocycles. The van der Waals surface area contributed by atoms with Gasteiger partial charge < -0.3 is 9.32 Å². The number of thiophene rings is 1. The molecule has 55 heavy (non-hydrogen) atoms. The second-order valence-electron chi connectivity index (χ2n) is 14.1. The van der Waals surface area contributed by atoms with E-state index >= 15 is 0 Å². The Labute approximate surface area is 322 Å². The van der Waals surface area contributed by atoms with Crippen LogP contribution in [0, 0.1) is 0 Å². The second kappa shape index (κ2) is 12.9. The predicted molar refractivity (Wildman–Crippen MR) is 235 cm³/mol. The van der Waals surface area contributed by atoms with Gasteiger partial charge in [-0.2, -0.15) is 0 Å². The van der Waals surface area contributed by atoms with E-state index in [-0.39, 0.29) is 0 Å². The van der Waals surface area contributed by atoms with Gasteiger partial charge in [-0.1, -0.05) is 140 Å². The molecule has 2 heterocycles. The topological polar surface area (TPSA) is 16.4 Å². The van der Waals surface area contributed by atoms with Gasteiger partial charge in [-0.05, 0) is 99.3 Å². The molecule has 0 atom stereocenters. The van der Waals surface area contributed by atoms with Crippen LogP contribution in [0.25, 0.3) is 86.3 Å². The molecule has 2 nitrogen and oxygen atoms in total. The summed E-state index contributed by atoms with van der Waals surface area (Å²) in [5, 5.41) is 7.31. The highest BCUT2D eigenvalue weighted by Gasteiger charge is 2.20. The maximum atomic E-state index is 6.27. The summed E-state index contributed by atoms with van der Waals surface area (Å²) in [6.45, 7) is 0. The van der Waals surface area contributed by atoms with Crippen LogP contribution in [0.4, 0.5) is 17.1 Å². The molecule has 258 valence electrons. The Bertz CT molecular complexity index is 3210. The Morgan fingerprint density at radius 1 is 0.345 bits per heavy atom. The van der Waals surface area contributed by atoms with Crippen LogP contribution < -0.4 is 4.90 Å². The van der Waals surface area contributed by atoms with E-state index in [0.717, 1.165) is 39.0 Å². The normalized spacial score (nSPS) is 11.6. The van der Waals surface area contributed by atoms with Crippen molar-refractivity contribution in [2.45, 2.75) is 0 Å². The molecule has 0 fully saturated rings. The van der Waals surface area contributed by atoms with Crippen LogP contribution in [-0.2, 0) is 0 Å². The Kier molecular flexibility index (Phi) is 7.39. The highest BCUT2D eigenvalue weighted by molar-refractivity contribution is 7.26. The average Bonchev–Trinajstić information content (AvgIpc) is 3.83. The fourth-order valence-electron chi connectivity index (χ4n) is 8.19. The molecule has 11 rings (SSSR count). The standard InChI is InChI=1S/C52H33NOS/c1-2-12-36(13-3-1)47-32-40(27-29-42(47)45-17-10-18-46-44-16-7-9-20-51(44)55-52(45)46)53(41-28-30-50-48(33-41)43-15-6-8-19-49(43)54-50)39-25-23-35(24-26-39)38-22-21-34-11-4-5-14-37(34)31-38/h1-33H. The summed E-state index contributed by atoms with van der Waals surface area (Å²) in [5.41, 5.74) is 12.2. The monoisotopic (exact) mass is 719 g/mol. The van der Waals surface area contributed by atoms with E-state index in [0.29, 0.717) is 0 Å². The Morgan fingerprint density at radius 2 is 1.02 bits per heavy atom. The fraction of sp³-hybridized carbons (Fsp3) is 0. The molecule has 0 amide bonds. The van der Waals surface area contributed by atoms with Gasteiger partial charge in [-0.15, -0.1) is 11.3 Å². The molecule has 9 aromatic carbocycles. The van der Waals surface area contributed by atoms with E-state index in [2.05, 4.69) is 193 Å². The molecule has 0 saturated carbocycles. The number of anilines is 3. The molecule has 0 aliphatic rings. The SMILES string of the molecule is c1ccc(-c2cc(N(c3ccc(-c4ccc5ccccc5c4)cc3)c3ccc4oc5ccccc5c4c3)ccc2-c2cccc3c2sc2ccccc23)cc1. The minimum Gasteiger partial charge on any atom is -0.456 e. The van der Waals surface area contributed by atoms with Gasteiger partial charge in [-0.3, -0.25) is 0 Å². The third-order valence-corrected chi connectivity index (χ3v) is 12.1. The molecule has 11 aromatic rings. The lowest BCUT2D eigenvalue weighted by Gasteiger charge is -2.27. The summed E-state index contributed by atoms with van der Waals surface area (Å²) in [6.07, 6.45) is 0. The largest absolute Gasteiger partial charge is 0.456 e. The lowest BCUT2D eigenvalue weighted by molar-refractivity contribution is 0.669. The summed E-state index contributed by atoms with van der Waals surface area (Å²) in [6, 6.07) is 72.3. The van der Waals surface area contributed by atoms with Crippen molar-refractivity contribution in [2.24, 2.45) is 0 Å². The number of hydrogen-bond acceptors (Lipinski definition) is 3. The molecule has 0 bridgehead atoms. The minimum absolute atomic E-state index is 0.883. The molecule has 0 N–H and O–H groups in total. The number of furan rings is 1. The number of para-hydroxylation sites is 1. The first-order valence-electron chi connectivity index (χ1n) is 18.7. The first-order valence-corrected chi connectivity index (χ1v) is 19.5.